The van der Waals surface area contributed by atoms with E-state index in [1.807, 2.05) is 66.7 Å². The van der Waals surface area contributed by atoms with Crippen molar-refractivity contribution in [3.05, 3.63) is 117 Å². The van der Waals surface area contributed by atoms with Gasteiger partial charge in [0.05, 0.1) is 7.11 Å². The molecule has 5 nitrogen and oxygen atoms in total. The lowest BCUT2D eigenvalue weighted by molar-refractivity contribution is 0.294. The van der Waals surface area contributed by atoms with Gasteiger partial charge in [-0.2, -0.15) is 5.26 Å². The van der Waals surface area contributed by atoms with Gasteiger partial charge in [-0.25, -0.2) is 0 Å². The number of pyridine rings is 1. The van der Waals surface area contributed by atoms with Crippen LogP contribution in [0.4, 0.5) is 0 Å². The van der Waals surface area contributed by atoms with Crippen molar-refractivity contribution in [3.63, 3.8) is 0 Å². The van der Waals surface area contributed by atoms with Crippen molar-refractivity contribution >= 4 is 0 Å². The van der Waals surface area contributed by atoms with Gasteiger partial charge in [-0.05, 0) is 47.9 Å². The molecule has 4 rings (SSSR count). The number of nitrogens with zero attached hydrogens (tertiary/aromatic N) is 1. The van der Waals surface area contributed by atoms with Crippen molar-refractivity contribution < 1.29 is 9.47 Å². The van der Waals surface area contributed by atoms with E-state index in [0.717, 1.165) is 28.9 Å². The Balaban J connectivity index is 1.64. The monoisotopic (exact) mass is 436 g/mol. The first-order valence-electron chi connectivity index (χ1n) is 10.6. The van der Waals surface area contributed by atoms with Crippen LogP contribution in [-0.2, 0) is 13.0 Å². The summed E-state index contributed by atoms with van der Waals surface area (Å²) in [7, 11) is 1.61. The van der Waals surface area contributed by atoms with Crippen LogP contribution in [0.15, 0.2) is 83.7 Å². The lowest BCUT2D eigenvalue weighted by atomic mass is 9.99. The molecule has 0 saturated carbocycles. The van der Waals surface area contributed by atoms with Crippen molar-refractivity contribution in [2.75, 3.05) is 7.11 Å². The fourth-order valence-corrected chi connectivity index (χ4v) is 3.85. The molecule has 33 heavy (non-hydrogen) atoms. The zero-order chi connectivity index (χ0) is 23.2. The molecule has 1 heterocycles. The summed E-state index contributed by atoms with van der Waals surface area (Å²) >= 11 is 0. The Kier molecular flexibility index (Phi) is 6.56. The summed E-state index contributed by atoms with van der Waals surface area (Å²) in [5, 5.41) is 9.51. The number of aryl methyl sites for hydroxylation is 1. The molecule has 0 fully saturated rings. The topological polar surface area (TPSA) is 75.1 Å². The van der Waals surface area contributed by atoms with Crippen molar-refractivity contribution in [1.29, 1.82) is 5.26 Å². The van der Waals surface area contributed by atoms with E-state index in [1.165, 1.54) is 5.56 Å². The Morgan fingerprint density at radius 2 is 1.67 bits per heavy atom. The van der Waals surface area contributed by atoms with Gasteiger partial charge in [0.15, 0.2) is 0 Å². The van der Waals surface area contributed by atoms with E-state index >= 15 is 0 Å². The molecule has 0 saturated heterocycles. The maximum atomic E-state index is 12.2. The highest BCUT2D eigenvalue weighted by atomic mass is 16.5. The van der Waals surface area contributed by atoms with Crippen molar-refractivity contribution in [1.82, 2.24) is 4.98 Å². The summed E-state index contributed by atoms with van der Waals surface area (Å²) in [6, 6.07) is 27.7. The largest absolute Gasteiger partial charge is 0.496 e. The molecule has 0 aliphatic carbocycles. The molecule has 0 atom stereocenters. The molecule has 3 aromatic carbocycles. The van der Waals surface area contributed by atoms with Gasteiger partial charge in [0.1, 0.15) is 29.7 Å². The fourth-order valence-electron chi connectivity index (χ4n) is 3.85. The van der Waals surface area contributed by atoms with Crippen LogP contribution in [-0.4, -0.2) is 12.1 Å². The highest BCUT2D eigenvalue weighted by molar-refractivity contribution is 5.71. The third kappa shape index (κ3) is 4.97. The van der Waals surface area contributed by atoms with Crippen LogP contribution in [0, 0.1) is 18.3 Å². The highest BCUT2D eigenvalue weighted by Gasteiger charge is 2.14. The zero-order valence-electron chi connectivity index (χ0n) is 18.6. The van der Waals surface area contributed by atoms with Gasteiger partial charge in [-0.1, -0.05) is 54.6 Å². The van der Waals surface area contributed by atoms with Crippen LogP contribution in [0.25, 0.3) is 11.1 Å². The van der Waals surface area contributed by atoms with Crippen LogP contribution < -0.4 is 15.0 Å². The third-order valence-corrected chi connectivity index (χ3v) is 5.46. The van der Waals surface area contributed by atoms with Gasteiger partial charge in [-0.15, -0.1) is 0 Å². The minimum atomic E-state index is -0.393. The second kappa shape index (κ2) is 9.88. The van der Waals surface area contributed by atoms with Crippen LogP contribution in [0.5, 0.6) is 11.5 Å². The number of hydrogen-bond donors (Lipinski definition) is 1. The number of nitrogens with one attached hydrogen (secondary N) is 1. The minimum Gasteiger partial charge on any atom is -0.496 e. The molecule has 0 amide bonds. The number of H-pyrrole nitrogens is 1. The summed E-state index contributed by atoms with van der Waals surface area (Å²) in [6.45, 7) is 2.08. The van der Waals surface area contributed by atoms with Gasteiger partial charge in [0.2, 0.25) is 0 Å². The number of hydrogen-bond acceptors (Lipinski definition) is 4. The Morgan fingerprint density at radius 1 is 0.909 bits per heavy atom. The molecular formula is C28H24N2O3. The normalized spacial score (nSPS) is 10.5. The maximum absolute atomic E-state index is 12.2. The lowest BCUT2D eigenvalue weighted by Crippen LogP contribution is -2.12. The van der Waals surface area contributed by atoms with Gasteiger partial charge in [0, 0.05) is 23.2 Å². The van der Waals surface area contributed by atoms with E-state index in [-0.39, 0.29) is 12.2 Å². The number of ether oxygens (including phenoxy) is 2. The van der Waals surface area contributed by atoms with Gasteiger partial charge < -0.3 is 14.5 Å². The average molecular weight is 437 g/mol. The third-order valence-electron chi connectivity index (χ3n) is 5.46. The first kappa shape index (κ1) is 21.9. The molecule has 0 aliphatic rings. The Morgan fingerprint density at radius 3 is 2.42 bits per heavy atom. The Labute approximate surface area is 192 Å². The molecule has 4 aromatic rings. The first-order chi connectivity index (χ1) is 16.1. The van der Waals surface area contributed by atoms with Gasteiger partial charge in [0.25, 0.3) is 5.56 Å². The Hall–Kier alpha value is -4.30. The molecule has 0 unspecified atom stereocenters. The number of benzene rings is 3. The Bertz CT molecular complexity index is 1370. The number of rotatable bonds is 7. The molecule has 0 bridgehead atoms. The molecule has 1 N–H and O–H groups in total. The number of aromatic amines is 1. The van der Waals surface area contributed by atoms with Crippen molar-refractivity contribution in [2.24, 2.45) is 0 Å². The molecule has 1 aromatic heterocycles. The quantitative estimate of drug-likeness (QED) is 0.421. The zero-order valence-corrected chi connectivity index (χ0v) is 18.6. The van der Waals surface area contributed by atoms with E-state index in [1.54, 1.807) is 14.0 Å². The summed E-state index contributed by atoms with van der Waals surface area (Å²) in [5.74, 6) is 1.48. The number of aromatic nitrogens is 1. The molecule has 164 valence electrons. The molecule has 5 heteroatoms. The van der Waals surface area contributed by atoms with Crippen molar-refractivity contribution in [3.8, 4) is 28.7 Å². The predicted molar refractivity (Wildman–Crippen MR) is 129 cm³/mol. The summed E-state index contributed by atoms with van der Waals surface area (Å²) in [4.78, 5) is 14.9. The number of methoxy groups -OCH3 is 1. The maximum Gasteiger partial charge on any atom is 0.266 e. The van der Waals surface area contributed by atoms with Crippen LogP contribution in [0.3, 0.4) is 0 Å². The van der Waals surface area contributed by atoms with Crippen LogP contribution in [0.1, 0.15) is 27.9 Å². The van der Waals surface area contributed by atoms with E-state index in [0.29, 0.717) is 17.0 Å². The van der Waals surface area contributed by atoms with Crippen LogP contribution >= 0.6 is 0 Å². The highest BCUT2D eigenvalue weighted by Crippen LogP contribution is 2.30. The standard InChI is InChI=1S/C28H24N2O3/c1-19-14-24(25(17-29)28(31)30-19)21-12-13-26(32-2)23(16-21)18-33-27-11-7-6-10-22(27)15-20-8-4-3-5-9-20/h3-14,16H,15,18H2,1-2H3,(H,30,31). The van der Waals surface area contributed by atoms with E-state index in [9.17, 15) is 10.1 Å². The van der Waals surface area contributed by atoms with E-state index < -0.39 is 5.56 Å². The van der Waals surface area contributed by atoms with E-state index in [2.05, 4.69) is 23.2 Å². The fraction of sp³-hybridized carbons (Fsp3) is 0.143. The second-order valence-corrected chi connectivity index (χ2v) is 7.77. The number of nitriles is 1. The summed E-state index contributed by atoms with van der Waals surface area (Å²) in [5.41, 5.74) is 4.87. The summed E-state index contributed by atoms with van der Waals surface area (Å²) < 4.78 is 11.8. The molecule has 0 aliphatic heterocycles. The number of para-hydroxylation sites is 1. The van der Waals surface area contributed by atoms with Crippen molar-refractivity contribution in [2.45, 2.75) is 20.0 Å². The first-order valence-corrected chi connectivity index (χ1v) is 10.6. The average Bonchev–Trinajstić information content (AvgIpc) is 2.83. The van der Waals surface area contributed by atoms with E-state index in [4.69, 9.17) is 9.47 Å². The van der Waals surface area contributed by atoms with Gasteiger partial charge in [-0.3, -0.25) is 4.79 Å². The van der Waals surface area contributed by atoms with Crippen LogP contribution in [0.2, 0.25) is 0 Å². The minimum absolute atomic E-state index is 0.0887. The lowest BCUT2D eigenvalue weighted by Gasteiger charge is -2.15. The van der Waals surface area contributed by atoms with Gasteiger partial charge >= 0.3 is 0 Å². The SMILES string of the molecule is COc1ccc(-c2cc(C)[nH]c(=O)c2C#N)cc1COc1ccccc1Cc1ccccc1. The smallest absolute Gasteiger partial charge is 0.266 e. The molecular weight excluding hydrogens is 412 g/mol. The predicted octanol–water partition coefficient (Wildman–Crippen LogP) is 5.40. The molecule has 0 radical (unpaired) electrons. The summed E-state index contributed by atoms with van der Waals surface area (Å²) in [6.07, 6.45) is 0.770. The molecule has 0 spiro atoms. The second-order valence-electron chi connectivity index (χ2n) is 7.77.